The first-order valence-corrected chi connectivity index (χ1v) is 9.91. The van der Waals surface area contributed by atoms with Gasteiger partial charge in [-0.2, -0.15) is 10.5 Å². The largest absolute Gasteiger partial charge is 0.351 e. The van der Waals surface area contributed by atoms with E-state index in [4.69, 9.17) is 5.26 Å². The number of hydrogen-bond acceptors (Lipinski definition) is 8. The molecule has 5 rings (SSSR count). The van der Waals surface area contributed by atoms with Crippen LogP contribution in [0.25, 0.3) is 5.69 Å². The van der Waals surface area contributed by atoms with Crippen LogP contribution in [-0.4, -0.2) is 55.5 Å². The van der Waals surface area contributed by atoms with Crippen LogP contribution < -0.4 is 4.90 Å². The molecule has 0 radical (unpaired) electrons. The van der Waals surface area contributed by atoms with Crippen molar-refractivity contribution in [3.05, 3.63) is 59.8 Å². The van der Waals surface area contributed by atoms with E-state index in [9.17, 15) is 5.26 Å². The SMILES string of the molecule is N#Cc1cccc(-n2cc(C3CC[C@H]4CN(c5nccnc5C#N)CCN34)nn2)c1. The zero-order valence-electron chi connectivity index (χ0n) is 16.3. The van der Waals surface area contributed by atoms with Gasteiger partial charge in [0.05, 0.1) is 29.6 Å². The van der Waals surface area contributed by atoms with Gasteiger partial charge in [0.2, 0.25) is 0 Å². The summed E-state index contributed by atoms with van der Waals surface area (Å²) < 4.78 is 1.73. The molecule has 0 N–H and O–H groups in total. The average molecular weight is 397 g/mol. The molecule has 0 saturated carbocycles. The molecular weight excluding hydrogens is 378 g/mol. The quantitative estimate of drug-likeness (QED) is 0.658. The number of nitriles is 2. The van der Waals surface area contributed by atoms with Crippen LogP contribution in [0.1, 0.15) is 35.8 Å². The predicted octanol–water partition coefficient (Wildman–Crippen LogP) is 1.83. The normalized spacial score (nSPS) is 21.1. The molecule has 30 heavy (non-hydrogen) atoms. The smallest absolute Gasteiger partial charge is 0.183 e. The Kier molecular flexibility index (Phi) is 4.58. The summed E-state index contributed by atoms with van der Waals surface area (Å²) in [5.74, 6) is 0.673. The third-order valence-corrected chi connectivity index (χ3v) is 5.88. The Morgan fingerprint density at radius 1 is 1.03 bits per heavy atom. The van der Waals surface area contributed by atoms with Gasteiger partial charge in [-0.25, -0.2) is 14.6 Å². The number of rotatable bonds is 3. The minimum Gasteiger partial charge on any atom is -0.351 e. The second kappa shape index (κ2) is 7.54. The predicted molar refractivity (Wildman–Crippen MR) is 108 cm³/mol. The van der Waals surface area contributed by atoms with Crippen LogP contribution in [0.5, 0.6) is 0 Å². The van der Waals surface area contributed by atoms with Crippen molar-refractivity contribution < 1.29 is 0 Å². The van der Waals surface area contributed by atoms with Crippen LogP contribution >= 0.6 is 0 Å². The van der Waals surface area contributed by atoms with Crippen LogP contribution in [0.4, 0.5) is 5.82 Å². The molecule has 2 aliphatic heterocycles. The first-order chi connectivity index (χ1) is 14.8. The summed E-state index contributed by atoms with van der Waals surface area (Å²) in [6.45, 7) is 2.48. The van der Waals surface area contributed by atoms with E-state index in [-0.39, 0.29) is 6.04 Å². The lowest BCUT2D eigenvalue weighted by molar-refractivity contribution is 0.173. The fourth-order valence-electron chi connectivity index (χ4n) is 4.48. The number of piperazine rings is 1. The molecule has 148 valence electrons. The Balaban J connectivity index is 1.33. The topological polar surface area (TPSA) is 111 Å². The maximum Gasteiger partial charge on any atom is 0.183 e. The molecule has 9 nitrogen and oxygen atoms in total. The summed E-state index contributed by atoms with van der Waals surface area (Å²) in [6, 6.07) is 12.3. The lowest BCUT2D eigenvalue weighted by atomic mass is 10.1. The molecule has 1 unspecified atom stereocenters. The summed E-state index contributed by atoms with van der Waals surface area (Å²) >= 11 is 0. The zero-order chi connectivity index (χ0) is 20.5. The number of nitrogens with zero attached hydrogens (tertiary/aromatic N) is 9. The molecule has 0 aliphatic carbocycles. The highest BCUT2D eigenvalue weighted by Crippen LogP contribution is 2.38. The molecular formula is C21H19N9. The van der Waals surface area contributed by atoms with E-state index in [1.54, 1.807) is 23.1 Å². The number of benzene rings is 1. The van der Waals surface area contributed by atoms with E-state index in [2.05, 4.69) is 42.2 Å². The Morgan fingerprint density at radius 3 is 2.80 bits per heavy atom. The molecule has 4 heterocycles. The molecule has 3 aromatic rings. The van der Waals surface area contributed by atoms with Gasteiger partial charge in [0.25, 0.3) is 0 Å². The van der Waals surface area contributed by atoms with Gasteiger partial charge >= 0.3 is 0 Å². The van der Waals surface area contributed by atoms with Crippen molar-refractivity contribution >= 4 is 5.82 Å². The van der Waals surface area contributed by atoms with E-state index in [0.717, 1.165) is 43.9 Å². The van der Waals surface area contributed by atoms with Gasteiger partial charge in [-0.1, -0.05) is 11.3 Å². The number of hydrogen-bond donors (Lipinski definition) is 0. The van der Waals surface area contributed by atoms with Crippen LogP contribution in [0.15, 0.2) is 42.9 Å². The van der Waals surface area contributed by atoms with E-state index in [1.165, 1.54) is 0 Å². The molecule has 2 fully saturated rings. The van der Waals surface area contributed by atoms with Crippen molar-refractivity contribution in [2.24, 2.45) is 0 Å². The Morgan fingerprint density at radius 2 is 1.93 bits per heavy atom. The molecule has 2 aliphatic rings. The minimum atomic E-state index is 0.224. The molecule has 0 bridgehead atoms. The van der Waals surface area contributed by atoms with Gasteiger partial charge in [-0.3, -0.25) is 4.90 Å². The summed E-state index contributed by atoms with van der Waals surface area (Å²) in [4.78, 5) is 13.2. The second-order valence-electron chi connectivity index (χ2n) is 7.52. The average Bonchev–Trinajstić information content (AvgIpc) is 3.45. The highest BCUT2D eigenvalue weighted by molar-refractivity contribution is 5.50. The molecule has 0 amide bonds. The standard InChI is InChI=1S/C21H19N9/c22-11-15-2-1-3-16(10-15)30-14-19(26-27-30)20-5-4-17-13-28(8-9-29(17)20)21-18(12-23)24-6-7-25-21/h1-3,6-7,10,14,17,20H,4-5,8-9,13H2/t17-,20?/m0/s1. The summed E-state index contributed by atoms with van der Waals surface area (Å²) in [5, 5.41) is 27.2. The molecule has 9 heteroatoms. The number of fused-ring (bicyclic) bond motifs is 1. The van der Waals surface area contributed by atoms with Gasteiger partial charge in [0.1, 0.15) is 11.8 Å². The van der Waals surface area contributed by atoms with Crippen molar-refractivity contribution in [1.82, 2.24) is 29.9 Å². The van der Waals surface area contributed by atoms with Crippen LogP contribution in [-0.2, 0) is 0 Å². The van der Waals surface area contributed by atoms with Crippen molar-refractivity contribution in [2.75, 3.05) is 24.5 Å². The third kappa shape index (κ3) is 3.15. The maximum absolute atomic E-state index is 9.33. The molecule has 2 atom stereocenters. The number of anilines is 1. The summed E-state index contributed by atoms with van der Waals surface area (Å²) in [7, 11) is 0. The highest BCUT2D eigenvalue weighted by Gasteiger charge is 2.40. The lowest BCUT2D eigenvalue weighted by Crippen LogP contribution is -2.51. The molecule has 2 aromatic heterocycles. The van der Waals surface area contributed by atoms with Crippen molar-refractivity contribution in [3.8, 4) is 17.8 Å². The fraction of sp³-hybridized carbons (Fsp3) is 0.333. The fourth-order valence-corrected chi connectivity index (χ4v) is 4.48. The summed E-state index contributed by atoms with van der Waals surface area (Å²) in [6.07, 6.45) is 7.23. The second-order valence-corrected chi connectivity index (χ2v) is 7.52. The third-order valence-electron chi connectivity index (χ3n) is 5.88. The zero-order valence-corrected chi connectivity index (χ0v) is 16.3. The van der Waals surface area contributed by atoms with Gasteiger partial charge < -0.3 is 4.90 Å². The van der Waals surface area contributed by atoms with Gasteiger partial charge in [0.15, 0.2) is 11.5 Å². The Labute approximate surface area is 173 Å². The lowest BCUT2D eigenvalue weighted by Gasteiger charge is -2.40. The van der Waals surface area contributed by atoms with Crippen molar-refractivity contribution in [3.63, 3.8) is 0 Å². The van der Waals surface area contributed by atoms with E-state index in [1.807, 2.05) is 24.4 Å². The van der Waals surface area contributed by atoms with Crippen LogP contribution in [0.2, 0.25) is 0 Å². The highest BCUT2D eigenvalue weighted by atomic mass is 15.4. The first-order valence-electron chi connectivity index (χ1n) is 9.91. The van der Waals surface area contributed by atoms with Crippen molar-refractivity contribution in [2.45, 2.75) is 24.9 Å². The van der Waals surface area contributed by atoms with Gasteiger partial charge in [0, 0.05) is 38.1 Å². The van der Waals surface area contributed by atoms with Crippen molar-refractivity contribution in [1.29, 1.82) is 10.5 Å². The maximum atomic E-state index is 9.33. The molecule has 0 spiro atoms. The molecule has 1 aromatic carbocycles. The van der Waals surface area contributed by atoms with Gasteiger partial charge in [-0.15, -0.1) is 5.10 Å². The van der Waals surface area contributed by atoms with Crippen LogP contribution in [0, 0.1) is 22.7 Å². The first kappa shape index (κ1) is 18.2. The monoisotopic (exact) mass is 397 g/mol. The van der Waals surface area contributed by atoms with Gasteiger partial charge in [-0.05, 0) is 31.0 Å². The van der Waals surface area contributed by atoms with E-state index < -0.39 is 0 Å². The summed E-state index contributed by atoms with van der Waals surface area (Å²) in [5.41, 5.74) is 2.76. The van der Waals surface area contributed by atoms with Crippen LogP contribution in [0.3, 0.4) is 0 Å². The van der Waals surface area contributed by atoms with E-state index >= 15 is 0 Å². The Bertz CT molecular complexity index is 1160. The Hall–Kier alpha value is -3.82. The molecule has 2 saturated heterocycles. The number of aromatic nitrogens is 5. The minimum absolute atomic E-state index is 0.224. The van der Waals surface area contributed by atoms with E-state index in [0.29, 0.717) is 23.1 Å².